The Balaban J connectivity index is 3.26. The molecule has 0 radical (unpaired) electrons. The van der Waals surface area contributed by atoms with Crippen LogP contribution in [0.3, 0.4) is 0 Å². The Morgan fingerprint density at radius 2 is 2.00 bits per heavy atom. The van der Waals surface area contributed by atoms with Gasteiger partial charge < -0.3 is 4.74 Å². The van der Waals surface area contributed by atoms with Gasteiger partial charge in [0.25, 0.3) is 11.0 Å². The molecule has 0 saturated carbocycles. The molecule has 0 amide bonds. The summed E-state index contributed by atoms with van der Waals surface area (Å²) in [5, 5.41) is 0. The lowest BCUT2D eigenvalue weighted by atomic mass is 10.2. The highest BCUT2D eigenvalue weighted by molar-refractivity contribution is 7.67. The number of rotatable bonds is 7. The molecule has 0 aromatic rings. The molecule has 0 unspecified atom stereocenters. The van der Waals surface area contributed by atoms with E-state index >= 15 is 0 Å². The fourth-order valence-electron chi connectivity index (χ4n) is 0.661. The van der Waals surface area contributed by atoms with Gasteiger partial charge in [0.05, 0.1) is 0 Å². The molecule has 0 N–H and O–H groups in total. The van der Waals surface area contributed by atoms with Crippen LogP contribution >= 0.6 is 0 Å². The van der Waals surface area contributed by atoms with Crippen molar-refractivity contribution in [3.63, 3.8) is 0 Å². The highest BCUT2D eigenvalue weighted by Gasteiger charge is 2.00. The molecule has 0 aliphatic carbocycles. The minimum absolute atomic E-state index is 0.00807. The molecule has 0 heterocycles. The normalized spacial score (nSPS) is 10.3. The van der Waals surface area contributed by atoms with Crippen molar-refractivity contribution in [2.75, 3.05) is 13.2 Å². The number of ether oxygens (including phenoxy) is 1. The first-order valence-electron chi connectivity index (χ1n) is 4.09. The average Bonchev–Trinajstić information content (AvgIpc) is 2.08. The smallest absolute Gasteiger partial charge is 0.305 e. The standard InChI is InChI=1S/C7H14O5S/c1-2-3-4-7(8)11-5-6-12-13(9)10/h13H,2-6H2,1H3. The third-order valence-corrected chi connectivity index (χ3v) is 1.67. The average molecular weight is 210 g/mol. The lowest BCUT2D eigenvalue weighted by molar-refractivity contribution is -0.144. The molecule has 5 nitrogen and oxygen atoms in total. The van der Waals surface area contributed by atoms with Crippen molar-refractivity contribution < 1.29 is 22.1 Å². The SMILES string of the molecule is CCCCC(=O)OCCO[SH](=O)=O. The number of unbranched alkanes of at least 4 members (excludes halogenated alkanes) is 1. The summed E-state index contributed by atoms with van der Waals surface area (Å²) >= 11 is 0. The van der Waals surface area contributed by atoms with E-state index in [1.165, 1.54) is 0 Å². The first-order valence-corrected chi connectivity index (χ1v) is 5.19. The molecule has 0 aliphatic heterocycles. The van der Waals surface area contributed by atoms with Gasteiger partial charge in [-0.1, -0.05) is 13.3 Å². The monoisotopic (exact) mass is 210 g/mol. The Morgan fingerprint density at radius 3 is 2.54 bits per heavy atom. The highest BCUT2D eigenvalue weighted by atomic mass is 32.2. The molecule has 13 heavy (non-hydrogen) atoms. The topological polar surface area (TPSA) is 69.7 Å². The first-order chi connectivity index (χ1) is 6.16. The van der Waals surface area contributed by atoms with Crippen LogP contribution in [0.15, 0.2) is 0 Å². The number of hydrogen-bond acceptors (Lipinski definition) is 5. The maximum absolute atomic E-state index is 10.8. The van der Waals surface area contributed by atoms with E-state index in [9.17, 15) is 13.2 Å². The molecule has 0 bridgehead atoms. The number of hydrogen-bond donors (Lipinski definition) is 1. The lowest BCUT2D eigenvalue weighted by Gasteiger charge is -2.01. The van der Waals surface area contributed by atoms with E-state index in [1.54, 1.807) is 0 Å². The summed E-state index contributed by atoms with van der Waals surface area (Å²) < 4.78 is 28.6. The van der Waals surface area contributed by atoms with Crippen LogP contribution in [-0.4, -0.2) is 27.6 Å². The maximum atomic E-state index is 10.8. The highest BCUT2D eigenvalue weighted by Crippen LogP contribution is 1.95. The van der Waals surface area contributed by atoms with E-state index < -0.39 is 11.0 Å². The van der Waals surface area contributed by atoms with Crippen LogP contribution in [0.5, 0.6) is 0 Å². The summed E-state index contributed by atoms with van der Waals surface area (Å²) in [6, 6.07) is 0. The fraction of sp³-hybridized carbons (Fsp3) is 0.857. The largest absolute Gasteiger partial charge is 0.463 e. The van der Waals surface area contributed by atoms with Crippen molar-refractivity contribution in [2.45, 2.75) is 26.2 Å². The van der Waals surface area contributed by atoms with Crippen molar-refractivity contribution in [1.29, 1.82) is 0 Å². The van der Waals surface area contributed by atoms with Gasteiger partial charge in [-0.3, -0.25) is 8.98 Å². The van der Waals surface area contributed by atoms with E-state index in [1.807, 2.05) is 6.92 Å². The fourth-order valence-corrected chi connectivity index (χ4v) is 0.884. The Bertz CT molecular complexity index is 203. The van der Waals surface area contributed by atoms with Crippen LogP contribution < -0.4 is 0 Å². The molecule has 0 rings (SSSR count). The Hall–Kier alpha value is -0.620. The van der Waals surface area contributed by atoms with Crippen molar-refractivity contribution in [3.05, 3.63) is 0 Å². The van der Waals surface area contributed by atoms with E-state index in [0.717, 1.165) is 12.8 Å². The summed E-state index contributed by atoms with van der Waals surface area (Å²) in [5.74, 6) is -0.313. The van der Waals surface area contributed by atoms with E-state index in [2.05, 4.69) is 8.92 Å². The van der Waals surface area contributed by atoms with Crippen LogP contribution in [0.2, 0.25) is 0 Å². The molecular weight excluding hydrogens is 196 g/mol. The number of carbonyl (C=O) groups is 1. The summed E-state index contributed by atoms with van der Waals surface area (Å²) in [7, 11) is -2.83. The quantitative estimate of drug-likeness (QED) is 0.371. The molecule has 0 aliphatic rings. The van der Waals surface area contributed by atoms with Crippen molar-refractivity contribution in [1.82, 2.24) is 0 Å². The molecule has 6 heteroatoms. The molecule has 0 saturated heterocycles. The van der Waals surface area contributed by atoms with E-state index in [-0.39, 0.29) is 19.2 Å². The summed E-state index contributed by atoms with van der Waals surface area (Å²) in [6.07, 6.45) is 2.09. The Kier molecular flexibility index (Phi) is 7.62. The van der Waals surface area contributed by atoms with Crippen LogP contribution in [0, 0.1) is 0 Å². The summed E-state index contributed by atoms with van der Waals surface area (Å²) in [4.78, 5) is 10.8. The number of esters is 1. The zero-order valence-electron chi connectivity index (χ0n) is 7.52. The van der Waals surface area contributed by atoms with Crippen molar-refractivity contribution in [3.8, 4) is 0 Å². The van der Waals surface area contributed by atoms with Crippen molar-refractivity contribution >= 4 is 17.0 Å². The van der Waals surface area contributed by atoms with Gasteiger partial charge in [-0.25, -0.2) is 8.42 Å². The molecule has 78 valence electrons. The van der Waals surface area contributed by atoms with Crippen LogP contribution in [-0.2, 0) is 24.7 Å². The number of carbonyl (C=O) groups excluding carboxylic acids is 1. The van der Waals surface area contributed by atoms with Gasteiger partial charge in [-0.2, -0.15) is 0 Å². The number of thiol groups is 1. The Labute approximate surface area is 79.2 Å². The first kappa shape index (κ1) is 12.4. The van der Waals surface area contributed by atoms with Gasteiger partial charge >= 0.3 is 5.97 Å². The summed E-state index contributed by atoms with van der Waals surface area (Å²) in [5.41, 5.74) is 0. The third kappa shape index (κ3) is 9.29. The van der Waals surface area contributed by atoms with Gasteiger partial charge in [0.15, 0.2) is 0 Å². The molecule has 0 spiro atoms. The second kappa shape index (κ2) is 8.00. The van der Waals surface area contributed by atoms with Gasteiger partial charge in [0.2, 0.25) is 0 Å². The maximum Gasteiger partial charge on any atom is 0.305 e. The second-order valence-corrected chi connectivity index (χ2v) is 3.09. The van der Waals surface area contributed by atoms with Crippen LogP contribution in [0.25, 0.3) is 0 Å². The predicted molar refractivity (Wildman–Crippen MR) is 46.8 cm³/mol. The zero-order valence-corrected chi connectivity index (χ0v) is 8.42. The van der Waals surface area contributed by atoms with Crippen LogP contribution in [0.4, 0.5) is 0 Å². The third-order valence-electron chi connectivity index (χ3n) is 1.28. The predicted octanol–water partition coefficient (Wildman–Crippen LogP) is 0.263. The molecular formula is C7H14O5S. The van der Waals surface area contributed by atoms with Gasteiger partial charge in [-0.15, -0.1) is 0 Å². The van der Waals surface area contributed by atoms with Crippen molar-refractivity contribution in [2.24, 2.45) is 0 Å². The molecule has 0 aromatic heterocycles. The molecule has 0 fully saturated rings. The minimum Gasteiger partial charge on any atom is -0.463 e. The zero-order chi connectivity index (χ0) is 10.1. The van der Waals surface area contributed by atoms with Gasteiger partial charge in [-0.05, 0) is 6.42 Å². The lowest BCUT2D eigenvalue weighted by Crippen LogP contribution is -2.09. The van der Waals surface area contributed by atoms with Gasteiger partial charge in [0, 0.05) is 6.42 Å². The molecule has 0 aromatic carbocycles. The minimum atomic E-state index is -2.83. The Morgan fingerprint density at radius 1 is 1.31 bits per heavy atom. The second-order valence-electron chi connectivity index (χ2n) is 2.38. The summed E-state index contributed by atoms with van der Waals surface area (Å²) in [6.45, 7) is 1.86. The molecule has 0 atom stereocenters. The van der Waals surface area contributed by atoms with Gasteiger partial charge in [0.1, 0.15) is 13.2 Å². The van der Waals surface area contributed by atoms with E-state index in [4.69, 9.17) is 0 Å². The van der Waals surface area contributed by atoms with E-state index in [0.29, 0.717) is 6.42 Å². The van der Waals surface area contributed by atoms with Crippen LogP contribution in [0.1, 0.15) is 26.2 Å².